The number of nitrogens with two attached hydrogens (primary N) is 2. The molecule has 116 valence electrons. The first-order valence-electron chi connectivity index (χ1n) is 7.03. The number of ether oxygens (including phenoxy) is 1. The van der Waals surface area contributed by atoms with E-state index in [-0.39, 0.29) is 5.92 Å². The highest BCUT2D eigenvalue weighted by molar-refractivity contribution is 5.99. The largest absolute Gasteiger partial charge is 0.444 e. The van der Waals surface area contributed by atoms with Crippen molar-refractivity contribution in [2.24, 2.45) is 11.7 Å². The molecule has 21 heavy (non-hydrogen) atoms. The molecule has 0 spiro atoms. The quantitative estimate of drug-likeness (QED) is 0.553. The first-order valence-corrected chi connectivity index (χ1v) is 7.03. The molecule has 1 aromatic rings. The van der Waals surface area contributed by atoms with E-state index in [1.807, 2.05) is 45.9 Å². The van der Waals surface area contributed by atoms with Crippen molar-refractivity contribution < 1.29 is 9.53 Å². The van der Waals surface area contributed by atoms with E-state index in [2.05, 4.69) is 0 Å². The van der Waals surface area contributed by atoms with E-state index < -0.39 is 11.7 Å². The highest BCUT2D eigenvalue weighted by atomic mass is 16.6. The number of aryl methyl sites for hydroxylation is 1. The Hall–Kier alpha value is -2.04. The number of hydrogen-bond donors (Lipinski definition) is 3. The van der Waals surface area contributed by atoms with Gasteiger partial charge < -0.3 is 21.6 Å². The van der Waals surface area contributed by atoms with Gasteiger partial charge in [-0.2, -0.15) is 0 Å². The molecular formula is C16H25N3O2. The number of primary amides is 1. The van der Waals surface area contributed by atoms with Crippen LogP contribution in [0.5, 0.6) is 0 Å². The molecule has 1 rings (SSSR count). The van der Waals surface area contributed by atoms with Gasteiger partial charge in [-0.25, -0.2) is 4.79 Å². The molecule has 0 aromatic heterocycles. The summed E-state index contributed by atoms with van der Waals surface area (Å²) in [4.78, 5) is 10.9. The SMILES string of the molecule is Cc1ccc(C(=N)CC(C)CC(C)(C)OC(N)=O)cc1N. The number of nitrogen functional groups attached to an aromatic ring is 1. The van der Waals surface area contributed by atoms with Gasteiger partial charge in [0, 0.05) is 11.4 Å². The number of rotatable bonds is 6. The summed E-state index contributed by atoms with van der Waals surface area (Å²) < 4.78 is 5.08. The molecule has 1 unspecified atom stereocenters. The maximum atomic E-state index is 10.9. The van der Waals surface area contributed by atoms with E-state index in [1.165, 1.54) is 0 Å². The molecule has 0 heterocycles. The minimum absolute atomic E-state index is 0.189. The molecule has 1 aromatic carbocycles. The van der Waals surface area contributed by atoms with Crippen molar-refractivity contribution in [3.05, 3.63) is 29.3 Å². The molecule has 0 saturated carbocycles. The number of carbonyl (C=O) groups excluding carboxylic acids is 1. The van der Waals surface area contributed by atoms with Crippen LogP contribution in [-0.2, 0) is 4.74 Å². The molecule has 1 atom stereocenters. The summed E-state index contributed by atoms with van der Waals surface area (Å²) in [6.07, 6.45) is 0.460. The van der Waals surface area contributed by atoms with Gasteiger partial charge in [-0.3, -0.25) is 0 Å². The molecule has 5 heteroatoms. The van der Waals surface area contributed by atoms with Crippen LogP contribution < -0.4 is 11.5 Å². The minimum Gasteiger partial charge on any atom is -0.444 e. The van der Waals surface area contributed by atoms with Gasteiger partial charge in [0.05, 0.1) is 0 Å². The van der Waals surface area contributed by atoms with Crippen molar-refractivity contribution in [1.82, 2.24) is 0 Å². The molecule has 1 amide bonds. The van der Waals surface area contributed by atoms with Crippen molar-refractivity contribution in [2.75, 3.05) is 5.73 Å². The topological polar surface area (TPSA) is 102 Å². The molecule has 0 saturated heterocycles. The van der Waals surface area contributed by atoms with E-state index in [0.29, 0.717) is 24.2 Å². The zero-order valence-corrected chi connectivity index (χ0v) is 13.2. The predicted octanol–water partition coefficient (Wildman–Crippen LogP) is 3.24. The predicted molar refractivity (Wildman–Crippen MR) is 85.6 cm³/mol. The average molecular weight is 291 g/mol. The lowest BCUT2D eigenvalue weighted by atomic mass is 9.89. The van der Waals surface area contributed by atoms with Crippen LogP contribution in [0.4, 0.5) is 10.5 Å². The molecular weight excluding hydrogens is 266 g/mol. The number of nitrogens with one attached hydrogen (secondary N) is 1. The Morgan fingerprint density at radius 3 is 2.57 bits per heavy atom. The third kappa shape index (κ3) is 5.45. The van der Waals surface area contributed by atoms with Crippen LogP contribution in [0.3, 0.4) is 0 Å². The molecule has 5 nitrogen and oxygen atoms in total. The fourth-order valence-corrected chi connectivity index (χ4v) is 2.52. The Bertz CT molecular complexity index is 538. The van der Waals surface area contributed by atoms with Crippen molar-refractivity contribution >= 4 is 17.5 Å². The van der Waals surface area contributed by atoms with Gasteiger partial charge in [0.2, 0.25) is 0 Å². The van der Waals surface area contributed by atoms with Gasteiger partial charge in [-0.15, -0.1) is 0 Å². The van der Waals surface area contributed by atoms with Crippen molar-refractivity contribution in [3.63, 3.8) is 0 Å². The van der Waals surface area contributed by atoms with Crippen LogP contribution in [-0.4, -0.2) is 17.4 Å². The first kappa shape index (κ1) is 17.0. The summed E-state index contributed by atoms with van der Waals surface area (Å²) in [7, 11) is 0. The zero-order chi connectivity index (χ0) is 16.2. The highest BCUT2D eigenvalue weighted by Gasteiger charge is 2.25. The fourth-order valence-electron chi connectivity index (χ4n) is 2.52. The Balaban J connectivity index is 2.65. The average Bonchev–Trinajstić information content (AvgIpc) is 2.29. The van der Waals surface area contributed by atoms with E-state index in [4.69, 9.17) is 21.6 Å². The van der Waals surface area contributed by atoms with E-state index >= 15 is 0 Å². The van der Waals surface area contributed by atoms with Crippen LogP contribution >= 0.6 is 0 Å². The zero-order valence-electron chi connectivity index (χ0n) is 13.2. The van der Waals surface area contributed by atoms with E-state index in [0.717, 1.165) is 11.1 Å². The van der Waals surface area contributed by atoms with Gasteiger partial charge >= 0.3 is 6.09 Å². The van der Waals surface area contributed by atoms with Crippen molar-refractivity contribution in [1.29, 1.82) is 5.41 Å². The molecule has 0 radical (unpaired) electrons. The van der Waals surface area contributed by atoms with Crippen molar-refractivity contribution in [2.45, 2.75) is 46.1 Å². The maximum absolute atomic E-state index is 10.9. The second kappa shape index (κ2) is 6.61. The third-order valence-corrected chi connectivity index (χ3v) is 3.40. The van der Waals surface area contributed by atoms with Gasteiger partial charge in [-0.05, 0) is 56.7 Å². The monoisotopic (exact) mass is 291 g/mol. The fraction of sp³-hybridized carbons (Fsp3) is 0.500. The van der Waals surface area contributed by atoms with Crippen LogP contribution in [0.15, 0.2) is 18.2 Å². The minimum atomic E-state index is -0.770. The summed E-state index contributed by atoms with van der Waals surface area (Å²) in [5.41, 5.74) is 13.4. The van der Waals surface area contributed by atoms with Crippen LogP contribution in [0.1, 0.15) is 44.7 Å². The second-order valence-corrected chi connectivity index (χ2v) is 6.24. The number of benzene rings is 1. The Kier molecular flexibility index (Phi) is 5.35. The molecule has 0 aliphatic heterocycles. The van der Waals surface area contributed by atoms with Crippen LogP contribution in [0.2, 0.25) is 0 Å². The van der Waals surface area contributed by atoms with Crippen LogP contribution in [0.25, 0.3) is 0 Å². The summed E-state index contributed by atoms with van der Waals surface area (Å²) in [6.45, 7) is 7.61. The number of amides is 1. The normalized spacial score (nSPS) is 12.8. The van der Waals surface area contributed by atoms with Gasteiger partial charge in [-0.1, -0.05) is 19.1 Å². The molecule has 0 aliphatic carbocycles. The van der Waals surface area contributed by atoms with Gasteiger partial charge in [0.15, 0.2) is 0 Å². The standard InChI is InChI=1S/C16H25N3O2/c1-10(9-16(3,4)21-15(19)20)7-14(18)12-6-5-11(2)13(17)8-12/h5-6,8,10,18H,7,9,17H2,1-4H3,(H2,19,20). The first-order chi connectivity index (χ1) is 9.60. The van der Waals surface area contributed by atoms with Crippen LogP contribution in [0, 0.1) is 18.3 Å². The maximum Gasteiger partial charge on any atom is 0.405 e. The summed E-state index contributed by atoms with van der Waals surface area (Å²) in [5.74, 6) is 0.189. The summed E-state index contributed by atoms with van der Waals surface area (Å²) in [6, 6.07) is 5.66. The molecule has 0 fully saturated rings. The molecule has 5 N–H and O–H groups in total. The van der Waals surface area contributed by atoms with E-state index in [9.17, 15) is 4.79 Å². The Morgan fingerprint density at radius 1 is 1.43 bits per heavy atom. The summed E-state index contributed by atoms with van der Waals surface area (Å²) in [5, 5.41) is 8.19. The summed E-state index contributed by atoms with van der Waals surface area (Å²) >= 11 is 0. The molecule has 0 bridgehead atoms. The second-order valence-electron chi connectivity index (χ2n) is 6.24. The van der Waals surface area contributed by atoms with Crippen molar-refractivity contribution in [3.8, 4) is 0 Å². The van der Waals surface area contributed by atoms with Gasteiger partial charge in [0.25, 0.3) is 0 Å². The lowest BCUT2D eigenvalue weighted by Crippen LogP contribution is -2.33. The third-order valence-electron chi connectivity index (χ3n) is 3.40. The number of carbonyl (C=O) groups is 1. The lowest BCUT2D eigenvalue weighted by molar-refractivity contribution is 0.0290. The molecule has 0 aliphatic rings. The van der Waals surface area contributed by atoms with Gasteiger partial charge in [0.1, 0.15) is 5.60 Å². The number of anilines is 1. The smallest absolute Gasteiger partial charge is 0.405 e. The highest BCUT2D eigenvalue weighted by Crippen LogP contribution is 2.24. The number of hydrogen-bond acceptors (Lipinski definition) is 4. The lowest BCUT2D eigenvalue weighted by Gasteiger charge is -2.27. The van der Waals surface area contributed by atoms with E-state index in [1.54, 1.807) is 0 Å². The Morgan fingerprint density at radius 2 is 2.05 bits per heavy atom. The Labute approximate surface area is 126 Å².